The number of hydrogen-bond acceptors (Lipinski definition) is 7. The lowest BCUT2D eigenvalue weighted by atomic mass is 10.1. The lowest BCUT2D eigenvalue weighted by Gasteiger charge is -2.23. The van der Waals surface area contributed by atoms with E-state index in [4.69, 9.17) is 0 Å². The van der Waals surface area contributed by atoms with Gasteiger partial charge in [-0.15, -0.1) is 0 Å². The van der Waals surface area contributed by atoms with E-state index < -0.39 is 0 Å². The average molecular weight is 361 g/mol. The molecule has 6 nitrogen and oxygen atoms in total. The summed E-state index contributed by atoms with van der Waals surface area (Å²) in [6.07, 6.45) is 0. The third-order valence-electron chi connectivity index (χ3n) is 2.85. The van der Waals surface area contributed by atoms with E-state index in [0.717, 1.165) is 5.75 Å². The fourth-order valence-corrected chi connectivity index (χ4v) is 2.61. The number of nitrogens with one attached hydrogen (secondary N) is 3. The monoisotopic (exact) mass is 360 g/mol. The predicted octanol–water partition coefficient (Wildman–Crippen LogP) is 4.55. The molecule has 2 rings (SSSR count). The van der Waals surface area contributed by atoms with Crippen molar-refractivity contribution in [2.75, 3.05) is 15.4 Å². The Kier molecular flexibility index (Phi) is 6.11. The first-order valence-corrected chi connectivity index (χ1v) is 9.33. The molecule has 136 valence electrons. The number of aromatic nitrogens is 3. The lowest BCUT2D eigenvalue weighted by molar-refractivity contribution is 0.617. The molecule has 0 aliphatic heterocycles. The first-order valence-electron chi connectivity index (χ1n) is 8.35. The van der Waals surface area contributed by atoms with Crippen LogP contribution in [0, 0.1) is 0 Å². The van der Waals surface area contributed by atoms with Crippen LogP contribution in [-0.4, -0.2) is 26.0 Å². The van der Waals surface area contributed by atoms with Crippen LogP contribution in [0.15, 0.2) is 30.3 Å². The molecule has 0 bridgehead atoms. The normalized spacial score (nSPS) is 11.9. The van der Waals surface area contributed by atoms with Gasteiger partial charge in [0, 0.05) is 16.8 Å². The van der Waals surface area contributed by atoms with E-state index in [0.29, 0.717) is 17.8 Å². The zero-order chi connectivity index (χ0) is 18.5. The van der Waals surface area contributed by atoms with Gasteiger partial charge in [-0.05, 0) is 59.1 Å². The van der Waals surface area contributed by atoms with Gasteiger partial charge >= 0.3 is 0 Å². The van der Waals surface area contributed by atoms with Gasteiger partial charge in [0.2, 0.25) is 17.8 Å². The number of nitrogens with zero attached hydrogens (tertiary/aromatic N) is 3. The molecule has 0 aliphatic carbocycles. The Balaban J connectivity index is 2.11. The minimum Gasteiger partial charge on any atom is -0.349 e. The maximum Gasteiger partial charge on any atom is 0.239 e. The molecule has 0 saturated heterocycles. The zero-order valence-electron chi connectivity index (χ0n) is 15.8. The number of hydrogen-bond donors (Lipinski definition) is 3. The maximum absolute atomic E-state index is 4.48. The van der Waals surface area contributed by atoms with Crippen LogP contribution in [0.3, 0.4) is 0 Å². The standard InChI is InChI=1S/C18H28N6S/c1-17(2,3)22-14-19-15(23-18(4,5)6)21-16(20-14)24-25-12-13-10-8-7-9-11-13/h7-11H,12H2,1-6H3,(H3,19,20,21,22,23,24). The van der Waals surface area contributed by atoms with Crippen molar-refractivity contribution in [1.82, 2.24) is 15.0 Å². The van der Waals surface area contributed by atoms with Gasteiger partial charge in [-0.25, -0.2) is 0 Å². The molecule has 7 heteroatoms. The SMILES string of the molecule is CC(C)(C)Nc1nc(NSCc2ccccc2)nc(NC(C)(C)C)n1. The van der Waals surface area contributed by atoms with Crippen molar-refractivity contribution < 1.29 is 0 Å². The summed E-state index contributed by atoms with van der Waals surface area (Å²) in [4.78, 5) is 13.4. The van der Waals surface area contributed by atoms with Gasteiger partial charge in [0.25, 0.3) is 0 Å². The van der Waals surface area contributed by atoms with E-state index in [9.17, 15) is 0 Å². The second-order valence-corrected chi connectivity index (χ2v) is 8.71. The molecule has 0 atom stereocenters. The molecule has 25 heavy (non-hydrogen) atoms. The molecular weight excluding hydrogens is 332 g/mol. The Labute approximate surface area is 154 Å². The average Bonchev–Trinajstić information content (AvgIpc) is 2.44. The highest BCUT2D eigenvalue weighted by molar-refractivity contribution is 7.99. The van der Waals surface area contributed by atoms with Crippen molar-refractivity contribution in [3.8, 4) is 0 Å². The highest BCUT2D eigenvalue weighted by Crippen LogP contribution is 2.19. The summed E-state index contributed by atoms with van der Waals surface area (Å²) in [5.74, 6) is 2.47. The summed E-state index contributed by atoms with van der Waals surface area (Å²) in [6.45, 7) is 12.4. The molecule has 1 heterocycles. The molecule has 2 aromatic rings. The summed E-state index contributed by atoms with van der Waals surface area (Å²) in [6, 6.07) is 10.3. The molecule has 0 spiro atoms. The Morgan fingerprint density at radius 3 is 1.72 bits per heavy atom. The van der Waals surface area contributed by atoms with Crippen LogP contribution in [0.2, 0.25) is 0 Å². The van der Waals surface area contributed by atoms with Gasteiger partial charge in [-0.3, -0.25) is 4.72 Å². The molecule has 0 fully saturated rings. The second-order valence-electron chi connectivity index (χ2n) is 7.93. The number of anilines is 3. The van der Waals surface area contributed by atoms with E-state index in [1.54, 1.807) is 11.9 Å². The quantitative estimate of drug-likeness (QED) is 0.652. The molecule has 0 saturated carbocycles. The second kappa shape index (κ2) is 7.91. The number of rotatable bonds is 6. The van der Waals surface area contributed by atoms with Gasteiger partial charge in [0.05, 0.1) is 0 Å². The Morgan fingerprint density at radius 1 is 0.760 bits per heavy atom. The summed E-state index contributed by atoms with van der Waals surface area (Å²) in [7, 11) is 0. The molecule has 0 amide bonds. The highest BCUT2D eigenvalue weighted by atomic mass is 32.2. The largest absolute Gasteiger partial charge is 0.349 e. The summed E-state index contributed by atoms with van der Waals surface area (Å²) in [5, 5.41) is 6.61. The van der Waals surface area contributed by atoms with Crippen molar-refractivity contribution in [3.63, 3.8) is 0 Å². The van der Waals surface area contributed by atoms with Crippen molar-refractivity contribution in [1.29, 1.82) is 0 Å². The van der Waals surface area contributed by atoms with Gasteiger partial charge in [-0.1, -0.05) is 30.3 Å². The van der Waals surface area contributed by atoms with E-state index in [1.807, 2.05) is 18.2 Å². The molecule has 0 aliphatic rings. The van der Waals surface area contributed by atoms with Crippen LogP contribution in [0.4, 0.5) is 17.8 Å². The van der Waals surface area contributed by atoms with Gasteiger partial charge < -0.3 is 10.6 Å². The van der Waals surface area contributed by atoms with Gasteiger partial charge in [0.15, 0.2) is 0 Å². The Bertz CT molecular complexity index is 642. The molecule has 0 unspecified atom stereocenters. The third-order valence-corrected chi connectivity index (χ3v) is 3.66. The molecule has 0 radical (unpaired) electrons. The van der Waals surface area contributed by atoms with Crippen LogP contribution < -0.4 is 15.4 Å². The molecule has 1 aromatic heterocycles. The van der Waals surface area contributed by atoms with E-state index >= 15 is 0 Å². The number of benzene rings is 1. The highest BCUT2D eigenvalue weighted by Gasteiger charge is 2.17. The van der Waals surface area contributed by atoms with Crippen molar-refractivity contribution in [3.05, 3.63) is 35.9 Å². The van der Waals surface area contributed by atoms with E-state index in [1.165, 1.54) is 5.56 Å². The minimum absolute atomic E-state index is 0.130. The Hall–Kier alpha value is -2.02. The van der Waals surface area contributed by atoms with Gasteiger partial charge in [0.1, 0.15) is 0 Å². The van der Waals surface area contributed by atoms with Crippen LogP contribution in [0.5, 0.6) is 0 Å². The van der Waals surface area contributed by atoms with Crippen LogP contribution >= 0.6 is 11.9 Å². The summed E-state index contributed by atoms with van der Waals surface area (Å²) >= 11 is 1.55. The topological polar surface area (TPSA) is 74.8 Å². The predicted molar refractivity (Wildman–Crippen MR) is 108 cm³/mol. The Morgan fingerprint density at radius 2 is 1.24 bits per heavy atom. The van der Waals surface area contributed by atoms with Crippen LogP contribution in [0.25, 0.3) is 0 Å². The van der Waals surface area contributed by atoms with E-state index in [2.05, 4.69) is 84.0 Å². The fourth-order valence-electron chi connectivity index (χ4n) is 1.96. The molecular formula is C18H28N6S. The summed E-state index contributed by atoms with van der Waals surface area (Å²) in [5.41, 5.74) is 0.985. The summed E-state index contributed by atoms with van der Waals surface area (Å²) < 4.78 is 3.22. The third kappa shape index (κ3) is 7.60. The molecule has 1 aromatic carbocycles. The van der Waals surface area contributed by atoms with Crippen LogP contribution in [0.1, 0.15) is 47.1 Å². The fraction of sp³-hybridized carbons (Fsp3) is 0.500. The smallest absolute Gasteiger partial charge is 0.239 e. The van der Waals surface area contributed by atoms with E-state index in [-0.39, 0.29) is 11.1 Å². The van der Waals surface area contributed by atoms with Crippen molar-refractivity contribution >= 4 is 29.8 Å². The maximum atomic E-state index is 4.48. The van der Waals surface area contributed by atoms with Crippen LogP contribution in [-0.2, 0) is 5.75 Å². The first kappa shape index (κ1) is 19.3. The first-order chi connectivity index (χ1) is 11.6. The molecule has 3 N–H and O–H groups in total. The zero-order valence-corrected chi connectivity index (χ0v) is 16.7. The van der Waals surface area contributed by atoms with Crippen molar-refractivity contribution in [2.24, 2.45) is 0 Å². The lowest BCUT2D eigenvalue weighted by Crippen LogP contribution is -2.30. The van der Waals surface area contributed by atoms with Crippen molar-refractivity contribution in [2.45, 2.75) is 58.4 Å². The minimum atomic E-state index is -0.130. The van der Waals surface area contributed by atoms with Gasteiger partial charge in [-0.2, -0.15) is 15.0 Å².